The van der Waals surface area contributed by atoms with Gasteiger partial charge in [0.25, 0.3) is 6.47 Å². The van der Waals surface area contributed by atoms with Crippen LogP contribution in [-0.2, 0) is 65.6 Å². The van der Waals surface area contributed by atoms with Crippen LogP contribution in [0.25, 0.3) is 12.2 Å². The zero-order valence-electron chi connectivity index (χ0n) is 45.2. The Morgan fingerprint density at radius 1 is 0.787 bits per heavy atom. The van der Waals surface area contributed by atoms with Crippen LogP contribution in [0.15, 0.2) is 98.1 Å². The number of rotatable bonds is 17. The van der Waals surface area contributed by atoms with Crippen molar-refractivity contribution in [2.24, 2.45) is 5.41 Å². The van der Waals surface area contributed by atoms with E-state index >= 15 is 0 Å². The van der Waals surface area contributed by atoms with Crippen LogP contribution in [0.3, 0.4) is 0 Å². The van der Waals surface area contributed by atoms with Gasteiger partial charge in [0.2, 0.25) is 6.79 Å². The number of imidazole rings is 2. The molecule has 4 aromatic rings. The number of alkyl carbamates (subject to hydrolysis) is 2. The number of carbonyl (C=O) groups excluding carboxylic acids is 6. The van der Waals surface area contributed by atoms with E-state index in [1.165, 1.54) is 6.08 Å². The molecule has 6 rings (SSSR count). The smallest absolute Gasteiger partial charge is 1.00 e. The molecule has 3 N–H and O–H groups in total. The van der Waals surface area contributed by atoms with Crippen molar-refractivity contribution >= 4 is 78.7 Å². The summed E-state index contributed by atoms with van der Waals surface area (Å²) in [6.45, 7) is 11.5. The van der Waals surface area contributed by atoms with Crippen molar-refractivity contribution in [3.8, 4) is 0 Å². The van der Waals surface area contributed by atoms with Crippen LogP contribution in [-0.4, -0.2) is 110 Å². The largest absolute Gasteiger partial charge is 1.00 e. The van der Waals surface area contributed by atoms with Crippen molar-refractivity contribution in [3.63, 3.8) is 0 Å². The molecule has 2 aliphatic rings. The number of carboxylic acids is 1. The van der Waals surface area contributed by atoms with Gasteiger partial charge >= 0.3 is 174 Å². The number of hydrogen-bond acceptors (Lipinski definition) is 16. The maximum absolute atomic E-state index is 12.2. The molecular formula is C49H63Cl2Cs2FN6O15. The van der Waals surface area contributed by atoms with Gasteiger partial charge in [-0.3, -0.25) is 14.0 Å². The van der Waals surface area contributed by atoms with Gasteiger partial charge in [0.15, 0.2) is 6.07 Å². The Kier molecular flexibility index (Phi) is 36.7. The van der Waals surface area contributed by atoms with Crippen molar-refractivity contribution in [3.05, 3.63) is 120 Å². The molecule has 2 saturated carbocycles. The number of hydrogen-bond donors (Lipinski definition) is 3. The van der Waals surface area contributed by atoms with E-state index in [0.717, 1.165) is 34.9 Å². The van der Waals surface area contributed by atoms with Gasteiger partial charge in [0.05, 0.1) is 26.6 Å². The minimum absolute atomic E-state index is 0. The number of nitrogens with one attached hydrogen (secondary N) is 2. The summed E-state index contributed by atoms with van der Waals surface area (Å²) in [6.07, 6.45) is 17.4. The third kappa shape index (κ3) is 32.3. The van der Waals surface area contributed by atoms with E-state index in [0.29, 0.717) is 32.2 Å². The zero-order valence-corrected chi connectivity index (χ0v) is 57.3. The van der Waals surface area contributed by atoms with Crippen molar-refractivity contribution in [2.45, 2.75) is 97.1 Å². The molecule has 0 aliphatic heterocycles. The number of aliphatic carboxylic acids is 1. The topological polar surface area (TPSA) is 278 Å². The first-order valence-corrected chi connectivity index (χ1v) is 22.4. The first-order chi connectivity index (χ1) is 34.5. The molecule has 2 heterocycles. The molecular weight excluding hydrogens is 1270 g/mol. The molecule has 2 amide bonds. The molecule has 0 saturated heterocycles. The summed E-state index contributed by atoms with van der Waals surface area (Å²) in [7, 11) is -1.00. The number of esters is 3. The third-order valence-electron chi connectivity index (χ3n) is 9.39. The zero-order chi connectivity index (χ0) is 54.5. The molecule has 0 atom stereocenters. The second kappa shape index (κ2) is 38.4. The number of amides is 2. The number of benzene rings is 2. The Morgan fingerprint density at radius 2 is 1.24 bits per heavy atom. The number of nitrogens with zero attached hydrogens (tertiary/aromatic N) is 4. The van der Waals surface area contributed by atoms with Crippen LogP contribution in [0, 0.1) is 5.41 Å². The van der Waals surface area contributed by atoms with Crippen LogP contribution in [0.4, 0.5) is 14.0 Å². The molecule has 0 radical (unpaired) electrons. The molecule has 402 valence electrons. The number of ether oxygens (including phenoxy) is 5. The Balaban J connectivity index is -0.00000104. The minimum Gasteiger partial charge on any atom is -1.00 e. The first kappa shape index (κ1) is 71.8. The van der Waals surface area contributed by atoms with Gasteiger partial charge in [-0.25, -0.2) is 33.9 Å². The SMILES string of the molecule is CC(C)(C)OC(=O)NC1(C(=O)OCOC(=O)/C=C/c2ccc(Cn3ccnc3)cc2)CC1.CC(C)(C)OC(=O)NCC1(C(=O)OCCl)CC1.Cl.O=C(O)/C=C/c1ccc(Cn2ccnc2)cc1.O=CO[O-].[2H]CF.[Cs+].[Cs+].[H-]. The monoisotopic (exact) mass is 1330 g/mol. The molecule has 21 nitrogen and oxygen atoms in total. The predicted molar refractivity (Wildman–Crippen MR) is 265 cm³/mol. The normalized spacial score (nSPS) is 13.1. The van der Waals surface area contributed by atoms with Crippen LogP contribution < -0.4 is 154 Å². The van der Waals surface area contributed by atoms with E-state index in [1.54, 1.807) is 78.7 Å². The van der Waals surface area contributed by atoms with Gasteiger partial charge in [-0.2, -0.15) is 0 Å². The van der Waals surface area contributed by atoms with E-state index in [9.17, 15) is 33.2 Å². The maximum atomic E-state index is 12.2. The molecule has 2 aromatic heterocycles. The summed E-state index contributed by atoms with van der Waals surface area (Å²) in [5.41, 5.74) is 1.03. The van der Waals surface area contributed by atoms with Crippen LogP contribution in [0.5, 0.6) is 0 Å². The number of carbonyl (C=O) groups is 7. The van der Waals surface area contributed by atoms with E-state index < -0.39 is 66.2 Å². The number of carboxylic acid groups (broad SMARTS) is 1. The summed E-state index contributed by atoms with van der Waals surface area (Å²) >= 11 is 5.32. The molecule has 0 unspecified atom stereocenters. The summed E-state index contributed by atoms with van der Waals surface area (Å²) in [6, 6.07) is 15.3. The average molecular weight is 1330 g/mol. The summed E-state index contributed by atoms with van der Waals surface area (Å²) in [4.78, 5) is 88.5. The van der Waals surface area contributed by atoms with E-state index in [-0.39, 0.29) is 177 Å². The Morgan fingerprint density at radius 3 is 1.61 bits per heavy atom. The van der Waals surface area contributed by atoms with Crippen LogP contribution in [0.2, 0.25) is 0 Å². The van der Waals surface area contributed by atoms with E-state index in [1.807, 2.05) is 70.1 Å². The second-order valence-electron chi connectivity index (χ2n) is 17.5. The molecule has 0 spiro atoms. The van der Waals surface area contributed by atoms with E-state index in [4.69, 9.17) is 51.8 Å². The van der Waals surface area contributed by atoms with Crippen LogP contribution in [0.1, 0.15) is 92.3 Å². The fourth-order valence-electron chi connectivity index (χ4n) is 5.68. The Labute approximate surface area is 566 Å². The fraction of sp³-hybridized carbons (Fsp3) is 0.408. The number of aromatic nitrogens is 4. The van der Waals surface area contributed by atoms with Crippen LogP contribution >= 0.6 is 24.0 Å². The van der Waals surface area contributed by atoms with Gasteiger partial charge in [-0.05, 0) is 102 Å². The average Bonchev–Trinajstić information content (AvgIpc) is 4.16. The van der Waals surface area contributed by atoms with Gasteiger partial charge in [-0.15, -0.1) is 12.4 Å². The van der Waals surface area contributed by atoms with Gasteiger partial charge in [0, 0.05) is 56.6 Å². The molecule has 75 heavy (non-hydrogen) atoms. The summed E-state index contributed by atoms with van der Waals surface area (Å²) in [5, 5.41) is 22.0. The summed E-state index contributed by atoms with van der Waals surface area (Å²) in [5.74, 6) is -2.60. The molecule has 26 heteroatoms. The predicted octanol–water partition coefficient (Wildman–Crippen LogP) is 0.669. The van der Waals surface area contributed by atoms with Gasteiger partial charge in [-0.1, -0.05) is 60.1 Å². The van der Waals surface area contributed by atoms with Crippen molar-refractivity contribution in [1.82, 2.24) is 29.7 Å². The molecule has 2 fully saturated rings. The number of alkyl halides is 2. The van der Waals surface area contributed by atoms with E-state index in [2.05, 4.69) is 25.5 Å². The number of halogens is 3. The quantitative estimate of drug-likeness (QED) is 0.0192. The van der Waals surface area contributed by atoms with Crippen molar-refractivity contribution in [2.75, 3.05) is 26.6 Å². The fourth-order valence-corrected chi connectivity index (χ4v) is 5.77. The Bertz CT molecular complexity index is 2410. The standard InChI is InChI=1S/C23H27N3O6.C13H12N2O2.C11H18ClNO4.CH3F.CH2O3.ClH.2Cs.H/c1-22(2,3)32-21(29)25-23(10-11-23)20(28)31-16-30-19(27)9-8-17-4-6-18(7-5-17)14-26-13-12-24-15-26;16-13(17)6-5-11-1-3-12(4-2-11)9-15-8-7-14-10-15;1-10(2,3)17-9(15)13-6-11(4-5-11)8(14)16-7-12;1-2;2-1-4-3;;;;/h4-9,12-13,15H,10-11,14,16H2,1-3H3,(H,25,29);1-8,10H,9H2,(H,16,17);4-7H2,1-3H3,(H,13,15);1H3;1,3H;1H;;;/q;;;;;;2*+1;-1/p-1/b9-8+;6-5+;;;;;;;/i;;;1D;;;;;. The van der Waals surface area contributed by atoms with Crippen molar-refractivity contribution < 1.29 is 217 Å². The first-order valence-electron chi connectivity index (χ1n) is 22.5. The molecule has 0 bridgehead atoms. The third-order valence-corrected chi connectivity index (χ3v) is 9.50. The molecule has 2 aromatic carbocycles. The molecule has 2 aliphatic carbocycles. The Hall–Kier alpha value is -3.20. The van der Waals surface area contributed by atoms with Gasteiger partial charge < -0.3 is 60.1 Å². The second-order valence-corrected chi connectivity index (χ2v) is 17.8. The minimum atomic E-state index is -1.11. The maximum Gasteiger partial charge on any atom is 1.00 e. The summed E-state index contributed by atoms with van der Waals surface area (Å²) < 4.78 is 44.3. The van der Waals surface area contributed by atoms with Gasteiger partial charge in [0.1, 0.15) is 16.7 Å². The van der Waals surface area contributed by atoms with Crippen molar-refractivity contribution in [1.29, 1.82) is 0 Å².